The number of anilines is 8. The van der Waals surface area contributed by atoms with Crippen LogP contribution in [0.1, 0.15) is 122 Å². The molecule has 0 saturated carbocycles. The van der Waals surface area contributed by atoms with Gasteiger partial charge in [-0.1, -0.05) is 65.0 Å². The number of urea groups is 1. The molecule has 3 aromatic carbocycles. The zero-order valence-electron chi connectivity index (χ0n) is 59.9. The number of nitrogens with one attached hydrogen (secondary N) is 6. The number of aryl methyl sites for hydroxylation is 2. The molecule has 6 aromatic rings. The number of para-hydroxylation sites is 1. The van der Waals surface area contributed by atoms with E-state index in [0.717, 1.165) is 43.7 Å². The van der Waals surface area contributed by atoms with Gasteiger partial charge in [0.25, 0.3) is 15.7 Å². The largest absolute Gasteiger partial charge is 0.480 e. The molecular weight excluding hydrogens is 1500 g/mol. The van der Waals surface area contributed by atoms with Crippen LogP contribution in [0.3, 0.4) is 0 Å². The van der Waals surface area contributed by atoms with Crippen LogP contribution in [0, 0.1) is 20.2 Å². The van der Waals surface area contributed by atoms with E-state index in [0.29, 0.717) is 55.9 Å². The van der Waals surface area contributed by atoms with Crippen molar-refractivity contribution >= 4 is 115 Å². The molecule has 6 rings (SSSR count). The Balaban J connectivity index is 0.000000464. The van der Waals surface area contributed by atoms with Crippen molar-refractivity contribution in [1.82, 2.24) is 44.6 Å². The van der Waals surface area contributed by atoms with E-state index >= 15 is 0 Å². The summed E-state index contributed by atoms with van der Waals surface area (Å²) in [5.41, 5.74) is 2.85. The van der Waals surface area contributed by atoms with E-state index in [2.05, 4.69) is 110 Å². The molecule has 0 aliphatic carbocycles. The first-order valence-electron chi connectivity index (χ1n) is 32.2. The van der Waals surface area contributed by atoms with E-state index in [1.165, 1.54) is 40.0 Å². The summed E-state index contributed by atoms with van der Waals surface area (Å²) in [5.74, 6) is -4.05. The van der Waals surface area contributed by atoms with Crippen molar-refractivity contribution in [2.45, 2.75) is 151 Å². The highest BCUT2D eigenvalue weighted by atomic mass is 35.5. The van der Waals surface area contributed by atoms with Crippen LogP contribution >= 0.6 is 23.2 Å². The SMILES string of the molecule is CC(C)Nc1nc(Cl)nc(NCC(=O)O)n1.CCCN(CCC)c1c([N+](=O)[O-])cc(C(F)(F)F)c(N)c1[N+](=O)[O-].CCCOCCN(C(=O)CCl)c1c(CC)cccc1CC.COc1nc(NC(C)C)nc(NC(C)C)n1.O=C(Nc1nc(OC(F)F)cc(OC(F)F)n1)NS(=O)(=O)c1ccccc1C(=O)O. The summed E-state index contributed by atoms with van der Waals surface area (Å²) in [6.07, 6.45) is -1.28. The normalized spacial score (nSPS) is 10.9. The number of carboxylic acids is 2. The number of aliphatic carboxylic acids is 1. The molecule has 107 heavy (non-hydrogen) atoms. The van der Waals surface area contributed by atoms with Gasteiger partial charge in [0.2, 0.25) is 52.7 Å². The highest BCUT2D eigenvalue weighted by Gasteiger charge is 2.43. The average molecular weight is 1590 g/mol. The Hall–Kier alpha value is -10.6. The topological polar surface area (TPSA) is 474 Å². The molecular formula is C62H84Cl2F7N19O16S. The molecule has 592 valence electrons. The molecule has 3 heterocycles. The van der Waals surface area contributed by atoms with E-state index in [9.17, 15) is 78.6 Å². The third-order valence-corrected chi connectivity index (χ3v) is 14.5. The number of ether oxygens (including phenoxy) is 4. The van der Waals surface area contributed by atoms with Gasteiger partial charge in [0.1, 0.15) is 23.0 Å². The lowest BCUT2D eigenvalue weighted by atomic mass is 10.0. The molecule has 0 aliphatic rings. The van der Waals surface area contributed by atoms with E-state index in [-0.39, 0.29) is 66.8 Å². The minimum absolute atomic E-state index is 0.00498. The summed E-state index contributed by atoms with van der Waals surface area (Å²) in [6, 6.07) is 10.7. The maximum atomic E-state index is 13.0. The number of rotatable bonds is 34. The number of amides is 3. The summed E-state index contributed by atoms with van der Waals surface area (Å²) in [6.45, 7) is 16.8. The van der Waals surface area contributed by atoms with Crippen molar-refractivity contribution in [1.29, 1.82) is 0 Å². The maximum Gasteiger partial charge on any atom is 0.418 e. The summed E-state index contributed by atoms with van der Waals surface area (Å²) < 4.78 is 133. The third-order valence-electron chi connectivity index (χ3n) is 12.8. The Kier molecular flexibility index (Phi) is 39.5. The first-order valence-corrected chi connectivity index (χ1v) is 34.6. The van der Waals surface area contributed by atoms with Crippen molar-refractivity contribution in [3.63, 3.8) is 0 Å². The number of methoxy groups -OCH3 is 1. The number of benzene rings is 3. The first-order chi connectivity index (χ1) is 50.2. The van der Waals surface area contributed by atoms with Crippen molar-refractivity contribution in [2.75, 3.05) is 94.5 Å². The standard InChI is InChI=1S/C17H26ClNO2.C14H10F4N4O7S.C13H17F3N4O4.C10H19N5O.C8H12ClN5O2/c1-4-11-21-12-10-19(16(20)13-18)17-14(5-2)8-7-9-15(17)6-3;15-11(16)28-8-5-9(29-12(17)18)20-13(19-8)21-14(25)22-30(26,27)7-4-2-1-3-6(7)10(23)24;1-3-5-18(6-4-2)11-9(19(21)22)7-8(13(14,15)16)10(17)12(11)20(23)24;1-6(2)11-8-13-9(12-7(3)4)15-10(14-8)16-5;1-4(2)11-8-13-6(9)12-7(14-8)10-3-5(15)16/h7-9H,4-6,10-13H2,1-3H3;1-5,11-12H,(H,23,24)(H2,19,20,21,22,25);7H,3-6,17H2,1-2H3;6-7H,1-5H3,(H2,11,12,13,14,15);4H,3H2,1-2H3,(H,15,16)(H2,10,11,12,13,14). The minimum Gasteiger partial charge on any atom is -0.480 e. The molecule has 0 bridgehead atoms. The van der Waals surface area contributed by atoms with Gasteiger partial charge in [-0.05, 0) is 109 Å². The third kappa shape index (κ3) is 32.4. The monoisotopic (exact) mass is 1590 g/mol. The predicted molar refractivity (Wildman–Crippen MR) is 383 cm³/mol. The second kappa shape index (κ2) is 45.7. The maximum absolute atomic E-state index is 13.0. The van der Waals surface area contributed by atoms with E-state index in [1.807, 2.05) is 41.5 Å². The number of carbonyl (C=O) groups excluding carboxylic acids is 2. The second-order valence-electron chi connectivity index (χ2n) is 22.3. The molecule has 0 unspecified atom stereocenters. The number of nitro benzene ring substituents is 2. The quantitative estimate of drug-likeness (QED) is 0.00452. The van der Waals surface area contributed by atoms with Crippen LogP contribution in [0.25, 0.3) is 0 Å². The van der Waals surface area contributed by atoms with Crippen molar-refractivity contribution < 1.29 is 97.3 Å². The molecule has 0 spiro atoms. The Morgan fingerprint density at radius 2 is 1.18 bits per heavy atom. The fourth-order valence-electron chi connectivity index (χ4n) is 8.75. The van der Waals surface area contributed by atoms with Gasteiger partial charge in [-0.2, -0.15) is 70.6 Å². The number of aromatic carboxylic acids is 1. The molecule has 0 saturated heterocycles. The summed E-state index contributed by atoms with van der Waals surface area (Å²) in [5, 5.41) is 53.5. The van der Waals surface area contributed by atoms with Gasteiger partial charge in [0, 0.05) is 50.4 Å². The first kappa shape index (κ1) is 92.5. The molecule has 10 N–H and O–H groups in total. The molecule has 35 nitrogen and oxygen atoms in total. The fraction of sp³-hybridized carbons (Fsp3) is 0.484. The van der Waals surface area contributed by atoms with Gasteiger partial charge >= 0.3 is 49.1 Å². The average Bonchev–Trinajstić information content (AvgIpc) is 0.757. The number of nitrogens with zero attached hydrogens (tertiary/aromatic N) is 12. The number of nitro groups is 2. The Bertz CT molecular complexity index is 3930. The number of nitrogen functional groups attached to an aromatic ring is 1. The Labute approximate surface area is 620 Å². The predicted octanol–water partition coefficient (Wildman–Crippen LogP) is 11.8. The lowest BCUT2D eigenvalue weighted by Gasteiger charge is -2.27. The number of sulfonamides is 1. The van der Waals surface area contributed by atoms with Crippen LogP contribution in [0.2, 0.25) is 5.28 Å². The van der Waals surface area contributed by atoms with E-state index in [1.54, 1.807) is 24.1 Å². The molecule has 0 aliphatic heterocycles. The molecule has 3 aromatic heterocycles. The number of carbonyl (C=O) groups is 4. The summed E-state index contributed by atoms with van der Waals surface area (Å²) >= 11 is 11.5. The number of hydrogen-bond donors (Lipinski definition) is 9. The van der Waals surface area contributed by atoms with Gasteiger partial charge in [0.05, 0.1) is 46.4 Å². The van der Waals surface area contributed by atoms with Gasteiger partial charge in [-0.25, -0.2) is 22.7 Å². The van der Waals surface area contributed by atoms with Crippen LogP contribution in [0.5, 0.6) is 17.8 Å². The fourth-order valence-corrected chi connectivity index (χ4v) is 10.2. The smallest absolute Gasteiger partial charge is 0.418 e. The van der Waals surface area contributed by atoms with Gasteiger partial charge in [0.15, 0.2) is 5.69 Å². The molecule has 0 atom stereocenters. The number of hydrogen-bond acceptors (Lipinski definition) is 28. The van der Waals surface area contributed by atoms with Crippen molar-refractivity contribution in [2.24, 2.45) is 0 Å². The number of carboxylic acid groups (broad SMARTS) is 2. The van der Waals surface area contributed by atoms with Crippen LogP contribution in [0.4, 0.5) is 93.7 Å². The minimum atomic E-state index is -5.04. The highest BCUT2D eigenvalue weighted by Crippen LogP contribution is 2.48. The second-order valence-corrected chi connectivity index (χ2v) is 24.6. The number of aromatic nitrogens is 8. The molecule has 0 radical (unpaired) electrons. The van der Waals surface area contributed by atoms with Crippen LogP contribution < -0.4 is 61.1 Å². The zero-order chi connectivity index (χ0) is 81.1. The lowest BCUT2D eigenvalue weighted by Crippen LogP contribution is -2.36. The Morgan fingerprint density at radius 1 is 0.673 bits per heavy atom. The summed E-state index contributed by atoms with van der Waals surface area (Å²) in [7, 11) is -3.18. The van der Waals surface area contributed by atoms with E-state index < -0.39 is 114 Å². The number of halogens is 9. The van der Waals surface area contributed by atoms with Gasteiger partial charge in [-0.15, -0.1) is 11.6 Å². The van der Waals surface area contributed by atoms with Crippen molar-refractivity contribution in [3.8, 4) is 17.8 Å². The number of alkyl halides is 8. The van der Waals surface area contributed by atoms with Crippen LogP contribution in [-0.2, 0) is 43.4 Å². The van der Waals surface area contributed by atoms with Gasteiger partial charge < -0.3 is 66.0 Å². The van der Waals surface area contributed by atoms with E-state index in [4.69, 9.17) is 48.6 Å². The summed E-state index contributed by atoms with van der Waals surface area (Å²) in [4.78, 5) is 99.0. The Morgan fingerprint density at radius 3 is 1.61 bits per heavy atom. The van der Waals surface area contributed by atoms with Crippen LogP contribution in [-0.4, -0.2) is 176 Å². The van der Waals surface area contributed by atoms with Gasteiger partial charge in [-0.3, -0.25) is 35.1 Å². The molecule has 0 fully saturated rings. The van der Waals surface area contributed by atoms with Crippen molar-refractivity contribution in [3.05, 3.63) is 102 Å². The molecule has 3 amide bonds. The lowest BCUT2D eigenvalue weighted by molar-refractivity contribution is -0.392. The molecule has 45 heteroatoms. The van der Waals surface area contributed by atoms with Crippen LogP contribution in [0.15, 0.2) is 59.5 Å². The highest BCUT2D eigenvalue weighted by molar-refractivity contribution is 7.90. The number of nitrogens with two attached hydrogens (primary N) is 1. The zero-order valence-corrected chi connectivity index (χ0v) is 62.3.